The van der Waals surface area contributed by atoms with Crippen molar-refractivity contribution in [3.05, 3.63) is 59.2 Å². The molecule has 0 heterocycles. The predicted octanol–water partition coefficient (Wildman–Crippen LogP) is 2.72. The zero-order valence-electron chi connectivity index (χ0n) is 19.2. The van der Waals surface area contributed by atoms with Gasteiger partial charge in [0.15, 0.2) is 0 Å². The van der Waals surface area contributed by atoms with E-state index in [1.54, 1.807) is 13.0 Å². The van der Waals surface area contributed by atoms with Gasteiger partial charge in [0.2, 0.25) is 0 Å². The molecule has 2 atom stereocenters. The average Bonchev–Trinajstić information content (AvgIpc) is 2.76. The highest BCUT2D eigenvalue weighted by molar-refractivity contribution is 7.86. The number of hydrogen-bond donors (Lipinski definition) is 1. The van der Waals surface area contributed by atoms with Crippen LogP contribution in [-0.4, -0.2) is 39.9 Å². The van der Waals surface area contributed by atoms with Gasteiger partial charge in [-0.1, -0.05) is 18.2 Å². The number of aryl methyl sites for hydroxylation is 1. The van der Waals surface area contributed by atoms with Crippen molar-refractivity contribution in [3.8, 4) is 5.75 Å². The zero-order chi connectivity index (χ0) is 23.8. The van der Waals surface area contributed by atoms with E-state index >= 15 is 0 Å². The van der Waals surface area contributed by atoms with Crippen LogP contribution in [0.5, 0.6) is 5.75 Å². The smallest absolute Gasteiger partial charge is 0.306 e. The lowest BCUT2D eigenvalue weighted by Gasteiger charge is -2.25. The molecule has 0 saturated heterocycles. The average molecular weight is 475 g/mol. The minimum absolute atomic E-state index is 0.293. The number of nitrogens with one attached hydrogen (secondary N) is 1. The number of benzene rings is 2. The number of hydrogen-bond acceptors (Lipinski definition) is 7. The molecule has 2 aromatic carbocycles. The van der Waals surface area contributed by atoms with Crippen LogP contribution in [0.15, 0.2) is 42.5 Å². The minimum atomic E-state index is -3.50. The second-order valence-corrected chi connectivity index (χ2v) is 10.1. The number of carbonyl (C=O) groups is 1. The van der Waals surface area contributed by atoms with Crippen LogP contribution in [-0.2, 0) is 38.9 Å². The van der Waals surface area contributed by atoms with Crippen LogP contribution in [0, 0.1) is 5.92 Å². The quantitative estimate of drug-likeness (QED) is 0.372. The summed E-state index contributed by atoms with van der Waals surface area (Å²) in [5.74, 6) is -0.187. The van der Waals surface area contributed by atoms with Crippen LogP contribution >= 0.6 is 0 Å². The van der Waals surface area contributed by atoms with E-state index in [9.17, 15) is 18.3 Å². The minimum Gasteiger partial charge on any atom is -0.547 e. The lowest BCUT2D eigenvalue weighted by atomic mass is 9.81. The molecule has 1 aliphatic carbocycles. The van der Waals surface area contributed by atoms with Gasteiger partial charge in [-0.05, 0) is 85.9 Å². The van der Waals surface area contributed by atoms with E-state index in [0.717, 1.165) is 56.2 Å². The van der Waals surface area contributed by atoms with Gasteiger partial charge in [-0.25, -0.2) is 0 Å². The van der Waals surface area contributed by atoms with E-state index in [4.69, 9.17) is 8.92 Å². The van der Waals surface area contributed by atoms with Crippen molar-refractivity contribution in [2.24, 2.45) is 5.92 Å². The molecule has 2 unspecified atom stereocenters. The van der Waals surface area contributed by atoms with Gasteiger partial charge in [0.1, 0.15) is 11.9 Å². The van der Waals surface area contributed by atoms with Gasteiger partial charge in [0.25, 0.3) is 0 Å². The molecule has 1 aliphatic rings. The first-order valence-electron chi connectivity index (χ1n) is 11.4. The van der Waals surface area contributed by atoms with Gasteiger partial charge in [-0.2, -0.15) is 8.42 Å². The van der Waals surface area contributed by atoms with Crippen molar-refractivity contribution in [2.45, 2.75) is 51.6 Å². The third-order valence-electron chi connectivity index (χ3n) is 5.88. The molecule has 0 radical (unpaired) electrons. The van der Waals surface area contributed by atoms with Crippen LogP contribution in [0.25, 0.3) is 0 Å². The second-order valence-electron chi connectivity index (χ2n) is 8.56. The summed E-state index contributed by atoms with van der Waals surface area (Å²) in [6.45, 7) is 2.97. The summed E-state index contributed by atoms with van der Waals surface area (Å²) in [5, 5.41) is 14.6. The van der Waals surface area contributed by atoms with Gasteiger partial charge < -0.3 is 24.1 Å². The van der Waals surface area contributed by atoms with E-state index in [1.165, 1.54) is 11.1 Å². The number of aliphatic carboxylic acids is 1. The normalized spacial score (nSPS) is 16.6. The fourth-order valence-electron chi connectivity index (χ4n) is 4.29. The monoisotopic (exact) mass is 474 g/mol. The number of ether oxygens (including phenoxy) is 1. The van der Waals surface area contributed by atoms with Gasteiger partial charge in [0.05, 0.1) is 12.2 Å². The molecule has 3 rings (SSSR count). The summed E-state index contributed by atoms with van der Waals surface area (Å²) in [6.07, 6.45) is 5.62. The second kappa shape index (κ2) is 11.5. The highest BCUT2D eigenvalue weighted by Gasteiger charge is 2.19. The standard InChI is InChI=1S/C25H33NO6S/c1-3-31-24(25(27)28)16-19-7-11-22(12-8-19)26-14-4-5-18-6-9-21-17-23(32-33(2,29)30)13-10-20(21)15-18/h7-8,10-13,17-18,24,26H,3-6,9,14-16H2,1-2H3,(H,27,28)/p-1. The first-order chi connectivity index (χ1) is 15.7. The Balaban J connectivity index is 1.41. The van der Waals surface area contributed by atoms with E-state index in [1.807, 2.05) is 36.4 Å². The fourth-order valence-corrected chi connectivity index (χ4v) is 4.74. The van der Waals surface area contributed by atoms with Crippen LogP contribution < -0.4 is 14.6 Å². The van der Waals surface area contributed by atoms with Gasteiger partial charge in [0, 0.05) is 25.3 Å². The molecular weight excluding hydrogens is 442 g/mol. The maximum atomic E-state index is 11.3. The third kappa shape index (κ3) is 8.05. The number of carboxylic acids is 1. The number of carboxylic acid groups (broad SMARTS) is 1. The Bertz CT molecular complexity index is 1040. The fraction of sp³-hybridized carbons (Fsp3) is 0.480. The largest absolute Gasteiger partial charge is 0.547 e. The Labute approximate surface area is 196 Å². The van der Waals surface area contributed by atoms with Crippen molar-refractivity contribution >= 4 is 21.8 Å². The summed E-state index contributed by atoms with van der Waals surface area (Å²) in [7, 11) is -3.50. The molecule has 7 nitrogen and oxygen atoms in total. The molecule has 2 aromatic rings. The summed E-state index contributed by atoms with van der Waals surface area (Å²) in [5.41, 5.74) is 4.36. The molecule has 180 valence electrons. The molecule has 1 N–H and O–H groups in total. The van der Waals surface area contributed by atoms with Gasteiger partial charge in [-0.3, -0.25) is 0 Å². The molecule has 0 spiro atoms. The Hall–Kier alpha value is -2.58. The third-order valence-corrected chi connectivity index (χ3v) is 6.38. The Kier molecular flexibility index (Phi) is 8.74. The zero-order valence-corrected chi connectivity index (χ0v) is 20.0. The summed E-state index contributed by atoms with van der Waals surface area (Å²) in [6, 6.07) is 13.3. The van der Waals surface area contributed by atoms with Crippen LogP contribution in [0.3, 0.4) is 0 Å². The molecule has 0 saturated carbocycles. The lowest BCUT2D eigenvalue weighted by Crippen LogP contribution is -2.39. The Morgan fingerprint density at radius 1 is 1.18 bits per heavy atom. The maximum absolute atomic E-state index is 11.3. The van der Waals surface area contributed by atoms with Crippen molar-refractivity contribution in [3.63, 3.8) is 0 Å². The molecule has 33 heavy (non-hydrogen) atoms. The topological polar surface area (TPSA) is 105 Å². The van der Waals surface area contributed by atoms with Gasteiger partial charge in [-0.15, -0.1) is 0 Å². The van der Waals surface area contributed by atoms with Gasteiger partial charge >= 0.3 is 10.1 Å². The van der Waals surface area contributed by atoms with Crippen molar-refractivity contribution in [1.82, 2.24) is 0 Å². The molecule has 0 fully saturated rings. The van der Waals surface area contributed by atoms with E-state index in [-0.39, 0.29) is 0 Å². The van der Waals surface area contributed by atoms with Crippen LogP contribution in [0.2, 0.25) is 0 Å². The van der Waals surface area contributed by atoms with Crippen molar-refractivity contribution < 1.29 is 27.2 Å². The molecule has 0 bridgehead atoms. The summed E-state index contributed by atoms with van der Waals surface area (Å²) >= 11 is 0. The predicted molar refractivity (Wildman–Crippen MR) is 126 cm³/mol. The number of anilines is 1. The highest BCUT2D eigenvalue weighted by atomic mass is 32.2. The number of fused-ring (bicyclic) bond motifs is 1. The first-order valence-corrected chi connectivity index (χ1v) is 13.2. The van der Waals surface area contributed by atoms with E-state index in [2.05, 4.69) is 5.32 Å². The number of rotatable bonds is 12. The Morgan fingerprint density at radius 2 is 1.94 bits per heavy atom. The molecular formula is C25H32NO6S-. The van der Waals surface area contributed by atoms with Crippen molar-refractivity contribution in [1.29, 1.82) is 0 Å². The highest BCUT2D eigenvalue weighted by Crippen LogP contribution is 2.31. The molecule has 0 amide bonds. The van der Waals surface area contributed by atoms with Crippen LogP contribution in [0.4, 0.5) is 5.69 Å². The molecule has 8 heteroatoms. The maximum Gasteiger partial charge on any atom is 0.306 e. The lowest BCUT2D eigenvalue weighted by molar-refractivity contribution is -0.316. The van der Waals surface area contributed by atoms with Crippen molar-refractivity contribution in [2.75, 3.05) is 24.7 Å². The SMILES string of the molecule is CCOC(Cc1ccc(NCCCC2CCc3cc(OS(C)(=O)=O)ccc3C2)cc1)C(=O)[O-]. The van der Waals surface area contributed by atoms with E-state index in [0.29, 0.717) is 24.7 Å². The summed E-state index contributed by atoms with van der Waals surface area (Å²) < 4.78 is 32.8. The van der Waals surface area contributed by atoms with Crippen LogP contribution in [0.1, 0.15) is 42.9 Å². The Morgan fingerprint density at radius 3 is 2.61 bits per heavy atom. The summed E-state index contributed by atoms with van der Waals surface area (Å²) in [4.78, 5) is 11.1. The first kappa shape index (κ1) is 25.1. The molecule has 0 aliphatic heterocycles. The van der Waals surface area contributed by atoms with E-state index < -0.39 is 22.2 Å². The molecule has 0 aromatic heterocycles. The number of carbonyl (C=O) groups excluding carboxylic acids is 1.